The maximum atomic E-state index is 12.5. The van der Waals surface area contributed by atoms with Gasteiger partial charge in [0.2, 0.25) is 11.7 Å². The zero-order valence-electron chi connectivity index (χ0n) is 15.9. The van der Waals surface area contributed by atoms with Crippen LogP contribution in [0.5, 0.6) is 17.2 Å². The lowest BCUT2D eigenvalue weighted by Gasteiger charge is -2.17. The van der Waals surface area contributed by atoms with E-state index in [4.69, 9.17) is 14.2 Å². The minimum Gasteiger partial charge on any atom is -0.493 e. The molecule has 27 heavy (non-hydrogen) atoms. The van der Waals surface area contributed by atoms with Crippen molar-refractivity contribution in [2.45, 2.75) is 18.9 Å². The molecule has 1 aliphatic rings. The molecule has 0 heterocycles. The van der Waals surface area contributed by atoms with Crippen molar-refractivity contribution in [2.24, 2.45) is 5.92 Å². The number of hydrogen-bond acceptors (Lipinski definition) is 4. The third kappa shape index (κ3) is 4.61. The first kappa shape index (κ1) is 18.8. The second kappa shape index (κ2) is 8.62. The predicted molar refractivity (Wildman–Crippen MR) is 105 cm³/mol. The van der Waals surface area contributed by atoms with Gasteiger partial charge in [-0.1, -0.05) is 30.3 Å². The van der Waals surface area contributed by atoms with E-state index in [0.717, 1.165) is 24.0 Å². The highest BCUT2D eigenvalue weighted by Crippen LogP contribution is 2.41. The van der Waals surface area contributed by atoms with E-state index in [2.05, 4.69) is 17.4 Å². The second-order valence-corrected chi connectivity index (χ2v) is 6.53. The molecule has 0 aliphatic heterocycles. The number of methoxy groups -OCH3 is 3. The molecule has 0 spiro atoms. The number of rotatable bonds is 8. The average molecular weight is 367 g/mol. The van der Waals surface area contributed by atoms with Gasteiger partial charge < -0.3 is 19.5 Å². The summed E-state index contributed by atoms with van der Waals surface area (Å²) >= 11 is 0. The molecule has 3 rings (SSSR count). The summed E-state index contributed by atoms with van der Waals surface area (Å²) in [6.07, 6.45) is 5.58. The molecule has 1 N–H and O–H groups in total. The zero-order valence-corrected chi connectivity index (χ0v) is 15.9. The lowest BCUT2D eigenvalue weighted by atomic mass is 10.0. The number of carbonyl (C=O) groups excluding carboxylic acids is 1. The molecule has 5 heteroatoms. The van der Waals surface area contributed by atoms with Gasteiger partial charge in [0, 0.05) is 6.08 Å². The Labute approximate surface area is 159 Å². The monoisotopic (exact) mass is 367 g/mol. The van der Waals surface area contributed by atoms with Gasteiger partial charge >= 0.3 is 0 Å². The van der Waals surface area contributed by atoms with Crippen LogP contribution in [0.25, 0.3) is 6.08 Å². The molecular formula is C22H25NO4. The number of benzene rings is 2. The fraction of sp³-hybridized carbons (Fsp3) is 0.318. The molecule has 1 unspecified atom stereocenters. The number of carbonyl (C=O) groups is 1. The molecule has 5 nitrogen and oxygen atoms in total. The Hall–Kier alpha value is -2.95. The van der Waals surface area contributed by atoms with E-state index >= 15 is 0 Å². The van der Waals surface area contributed by atoms with Gasteiger partial charge in [0.1, 0.15) is 0 Å². The van der Waals surface area contributed by atoms with Crippen LogP contribution >= 0.6 is 0 Å². The summed E-state index contributed by atoms with van der Waals surface area (Å²) in [5, 5.41) is 3.13. The molecule has 1 fully saturated rings. The Morgan fingerprint density at radius 1 is 1.04 bits per heavy atom. The van der Waals surface area contributed by atoms with E-state index in [-0.39, 0.29) is 11.9 Å². The van der Waals surface area contributed by atoms with E-state index in [1.807, 2.05) is 18.2 Å². The van der Waals surface area contributed by atoms with Gasteiger partial charge in [-0.2, -0.15) is 0 Å². The molecule has 0 saturated heterocycles. The third-order valence-electron chi connectivity index (χ3n) is 4.66. The summed E-state index contributed by atoms with van der Waals surface area (Å²) in [6, 6.07) is 13.8. The summed E-state index contributed by atoms with van der Waals surface area (Å²) in [5.74, 6) is 2.03. The number of ether oxygens (including phenoxy) is 3. The van der Waals surface area contributed by atoms with Crippen LogP contribution in [-0.4, -0.2) is 27.2 Å². The van der Waals surface area contributed by atoms with Gasteiger partial charge in [0.05, 0.1) is 27.4 Å². The van der Waals surface area contributed by atoms with Crippen LogP contribution in [0.1, 0.15) is 30.0 Å². The predicted octanol–water partition coefficient (Wildman–Crippen LogP) is 3.99. The van der Waals surface area contributed by atoms with Gasteiger partial charge in [0.25, 0.3) is 0 Å². The van der Waals surface area contributed by atoms with Crippen molar-refractivity contribution in [3.05, 3.63) is 59.7 Å². The molecule has 2 aromatic carbocycles. The maximum absolute atomic E-state index is 12.5. The van der Waals surface area contributed by atoms with Crippen LogP contribution < -0.4 is 19.5 Å². The van der Waals surface area contributed by atoms with Crippen molar-refractivity contribution in [3.8, 4) is 17.2 Å². The van der Waals surface area contributed by atoms with Crippen molar-refractivity contribution < 1.29 is 19.0 Å². The van der Waals surface area contributed by atoms with Crippen molar-refractivity contribution in [1.82, 2.24) is 5.32 Å². The van der Waals surface area contributed by atoms with Gasteiger partial charge in [-0.3, -0.25) is 4.79 Å². The van der Waals surface area contributed by atoms with Gasteiger partial charge in [0.15, 0.2) is 11.5 Å². The minimum atomic E-state index is -0.121. The normalized spacial score (nSPS) is 14.6. The Kier molecular flexibility index (Phi) is 6.01. The third-order valence-corrected chi connectivity index (χ3v) is 4.66. The van der Waals surface area contributed by atoms with Crippen LogP contribution in [0, 0.1) is 5.92 Å². The Morgan fingerprint density at radius 2 is 1.67 bits per heavy atom. The molecule has 1 aliphatic carbocycles. The summed E-state index contributed by atoms with van der Waals surface area (Å²) < 4.78 is 16.0. The molecule has 142 valence electrons. The first-order chi connectivity index (χ1) is 13.2. The zero-order chi connectivity index (χ0) is 19.2. The summed E-state index contributed by atoms with van der Waals surface area (Å²) in [7, 11) is 4.69. The first-order valence-corrected chi connectivity index (χ1v) is 8.99. The second-order valence-electron chi connectivity index (χ2n) is 6.53. The summed E-state index contributed by atoms with van der Waals surface area (Å²) in [4.78, 5) is 12.5. The fourth-order valence-corrected chi connectivity index (χ4v) is 3.13. The molecule has 1 amide bonds. The van der Waals surface area contributed by atoms with E-state index < -0.39 is 0 Å². The Bertz CT molecular complexity index is 787. The van der Waals surface area contributed by atoms with Gasteiger partial charge in [-0.25, -0.2) is 0 Å². The van der Waals surface area contributed by atoms with Crippen LogP contribution in [0.15, 0.2) is 48.5 Å². The molecule has 0 bridgehead atoms. The quantitative estimate of drug-likeness (QED) is 0.717. The average Bonchev–Trinajstić information content (AvgIpc) is 3.55. The SMILES string of the molecule is COc1cc(/C=C/C(=O)NC(c2ccccc2)C2CC2)cc(OC)c1OC. The topological polar surface area (TPSA) is 56.8 Å². The molecule has 2 aromatic rings. The van der Waals surface area contributed by atoms with Crippen LogP contribution in [0.2, 0.25) is 0 Å². The van der Waals surface area contributed by atoms with Crippen molar-refractivity contribution in [1.29, 1.82) is 0 Å². The van der Waals surface area contributed by atoms with E-state index in [1.54, 1.807) is 45.6 Å². The molecule has 0 aromatic heterocycles. The largest absolute Gasteiger partial charge is 0.493 e. The van der Waals surface area contributed by atoms with Crippen LogP contribution in [0.3, 0.4) is 0 Å². The molecule has 0 radical (unpaired) electrons. The maximum Gasteiger partial charge on any atom is 0.244 e. The van der Waals surface area contributed by atoms with Crippen molar-refractivity contribution in [3.63, 3.8) is 0 Å². The van der Waals surface area contributed by atoms with Crippen molar-refractivity contribution in [2.75, 3.05) is 21.3 Å². The smallest absolute Gasteiger partial charge is 0.244 e. The first-order valence-electron chi connectivity index (χ1n) is 8.99. The molecule has 1 saturated carbocycles. The van der Waals surface area contributed by atoms with E-state index in [0.29, 0.717) is 23.2 Å². The Balaban J connectivity index is 1.74. The minimum absolute atomic E-state index is 0.0586. The standard InChI is InChI=1S/C22H25NO4/c1-25-18-13-15(14-19(26-2)22(18)27-3)9-12-20(24)23-21(17-10-11-17)16-7-5-4-6-8-16/h4-9,12-14,17,21H,10-11H2,1-3H3,(H,23,24)/b12-9+. The van der Waals surface area contributed by atoms with E-state index in [1.165, 1.54) is 0 Å². The highest BCUT2D eigenvalue weighted by molar-refractivity contribution is 5.92. The van der Waals surface area contributed by atoms with Gasteiger partial charge in [-0.05, 0) is 48.1 Å². The number of hydrogen-bond donors (Lipinski definition) is 1. The fourth-order valence-electron chi connectivity index (χ4n) is 3.13. The molecule has 1 atom stereocenters. The summed E-state index contributed by atoms with van der Waals surface area (Å²) in [5.41, 5.74) is 1.94. The lowest BCUT2D eigenvalue weighted by Crippen LogP contribution is -2.28. The van der Waals surface area contributed by atoms with Crippen LogP contribution in [-0.2, 0) is 4.79 Å². The number of amides is 1. The summed E-state index contributed by atoms with van der Waals surface area (Å²) in [6.45, 7) is 0. The Morgan fingerprint density at radius 3 is 2.19 bits per heavy atom. The van der Waals surface area contributed by atoms with Crippen molar-refractivity contribution >= 4 is 12.0 Å². The lowest BCUT2D eigenvalue weighted by molar-refractivity contribution is -0.117. The number of nitrogens with one attached hydrogen (secondary N) is 1. The highest BCUT2D eigenvalue weighted by atomic mass is 16.5. The highest BCUT2D eigenvalue weighted by Gasteiger charge is 2.32. The van der Waals surface area contributed by atoms with E-state index in [9.17, 15) is 4.79 Å². The van der Waals surface area contributed by atoms with Gasteiger partial charge in [-0.15, -0.1) is 0 Å². The van der Waals surface area contributed by atoms with Crippen LogP contribution in [0.4, 0.5) is 0 Å². The molecular weight excluding hydrogens is 342 g/mol.